The number of aryl methyl sites for hydroxylation is 1. The summed E-state index contributed by atoms with van der Waals surface area (Å²) in [6.45, 7) is 0.756. The lowest BCUT2D eigenvalue weighted by Crippen LogP contribution is -2.09. The second-order valence-electron chi connectivity index (χ2n) is 4.43. The number of nitrogens with one attached hydrogen (secondary N) is 1. The molecule has 0 spiro atoms. The highest BCUT2D eigenvalue weighted by molar-refractivity contribution is 5.93. The monoisotopic (exact) mass is 264 g/mol. The number of hydrogen-bond acceptors (Lipinski definition) is 3. The normalized spacial score (nSPS) is 13.2. The molecule has 0 bridgehead atoms. The van der Waals surface area contributed by atoms with Gasteiger partial charge in [-0.3, -0.25) is 4.98 Å². The van der Waals surface area contributed by atoms with E-state index in [9.17, 15) is 0 Å². The summed E-state index contributed by atoms with van der Waals surface area (Å²) < 4.78 is 0. The Morgan fingerprint density at radius 3 is 2.89 bits per heavy atom. The van der Waals surface area contributed by atoms with Crippen molar-refractivity contribution >= 4 is 29.0 Å². The quantitative estimate of drug-likeness (QED) is 0.896. The number of halogens is 1. The Balaban J connectivity index is 0.00000120. The molecule has 4 heteroatoms. The molecule has 1 heterocycles. The van der Waals surface area contributed by atoms with Gasteiger partial charge in [-0.15, -0.1) is 12.4 Å². The number of benzene rings is 1. The minimum atomic E-state index is 0. The maximum Gasteiger partial charge on any atom is 0.0726 e. The predicted molar refractivity (Wildman–Crippen MR) is 76.6 cm³/mol. The zero-order valence-corrected chi connectivity index (χ0v) is 11.0. The van der Waals surface area contributed by atoms with Crippen LogP contribution in [0.2, 0.25) is 0 Å². The zero-order valence-electron chi connectivity index (χ0n) is 10.1. The van der Waals surface area contributed by atoms with E-state index in [2.05, 4.69) is 17.4 Å². The first-order valence-electron chi connectivity index (χ1n) is 6.15. The number of rotatable bonds is 3. The summed E-state index contributed by atoms with van der Waals surface area (Å²) in [5, 5.41) is 13.5. The van der Waals surface area contributed by atoms with Crippen molar-refractivity contribution in [3.63, 3.8) is 0 Å². The first-order valence-corrected chi connectivity index (χ1v) is 6.15. The summed E-state index contributed by atoms with van der Waals surface area (Å²) in [6.07, 6.45) is 3.36. The molecule has 1 aromatic carbocycles. The SMILES string of the molecule is Cl.OCCNc1c2c(nc3ccccc13)CCC2. The van der Waals surface area contributed by atoms with Gasteiger partial charge in [0.05, 0.1) is 12.1 Å². The highest BCUT2D eigenvalue weighted by Gasteiger charge is 2.18. The molecule has 1 aliphatic rings. The van der Waals surface area contributed by atoms with Crippen molar-refractivity contribution in [3.05, 3.63) is 35.5 Å². The molecule has 3 rings (SSSR count). The molecule has 18 heavy (non-hydrogen) atoms. The standard InChI is InChI=1S/C14H16N2O.ClH/c17-9-8-15-14-10-4-1-2-6-12(10)16-13-7-3-5-11(13)14;/h1-2,4,6,17H,3,5,7-9H2,(H,15,16);1H. The molecule has 0 saturated heterocycles. The average molecular weight is 265 g/mol. The first-order chi connectivity index (χ1) is 8.40. The van der Waals surface area contributed by atoms with E-state index >= 15 is 0 Å². The molecular formula is C14H17ClN2O. The summed E-state index contributed by atoms with van der Waals surface area (Å²) in [5.74, 6) is 0. The maximum absolute atomic E-state index is 8.97. The Morgan fingerprint density at radius 1 is 1.22 bits per heavy atom. The highest BCUT2D eigenvalue weighted by atomic mass is 35.5. The van der Waals surface area contributed by atoms with Gasteiger partial charge in [0.25, 0.3) is 0 Å². The van der Waals surface area contributed by atoms with E-state index in [0.29, 0.717) is 6.54 Å². The van der Waals surface area contributed by atoms with Crippen molar-refractivity contribution in [3.8, 4) is 0 Å². The molecule has 1 aliphatic carbocycles. The topological polar surface area (TPSA) is 45.1 Å². The number of pyridine rings is 1. The highest BCUT2D eigenvalue weighted by Crippen LogP contribution is 2.33. The molecule has 3 nitrogen and oxygen atoms in total. The Labute approximate surface area is 113 Å². The number of hydrogen-bond donors (Lipinski definition) is 2. The number of aromatic nitrogens is 1. The molecule has 0 fully saturated rings. The van der Waals surface area contributed by atoms with Gasteiger partial charge in [0.2, 0.25) is 0 Å². The Bertz CT molecular complexity index is 557. The lowest BCUT2D eigenvalue weighted by Gasteiger charge is -2.13. The molecule has 0 aliphatic heterocycles. The zero-order chi connectivity index (χ0) is 11.7. The van der Waals surface area contributed by atoms with Gasteiger partial charge in [-0.1, -0.05) is 18.2 Å². The average Bonchev–Trinajstić information content (AvgIpc) is 2.82. The fourth-order valence-corrected chi connectivity index (χ4v) is 2.59. The van der Waals surface area contributed by atoms with Gasteiger partial charge in [-0.05, 0) is 30.9 Å². The third-order valence-corrected chi connectivity index (χ3v) is 3.33. The number of anilines is 1. The Morgan fingerprint density at radius 2 is 2.06 bits per heavy atom. The lowest BCUT2D eigenvalue weighted by molar-refractivity contribution is 0.311. The van der Waals surface area contributed by atoms with E-state index in [4.69, 9.17) is 10.1 Å². The van der Waals surface area contributed by atoms with Gasteiger partial charge in [-0.2, -0.15) is 0 Å². The van der Waals surface area contributed by atoms with Crippen LogP contribution in [0.5, 0.6) is 0 Å². The number of aliphatic hydroxyl groups is 1. The van der Waals surface area contributed by atoms with Crippen molar-refractivity contribution < 1.29 is 5.11 Å². The predicted octanol–water partition coefficient (Wildman–Crippen LogP) is 2.55. The van der Waals surface area contributed by atoms with Gasteiger partial charge in [-0.25, -0.2) is 0 Å². The summed E-state index contributed by atoms with van der Waals surface area (Å²) in [4.78, 5) is 4.72. The van der Waals surface area contributed by atoms with Crippen LogP contribution >= 0.6 is 12.4 Å². The molecule has 0 atom stereocenters. The van der Waals surface area contributed by atoms with Crippen LogP contribution in [0.3, 0.4) is 0 Å². The van der Waals surface area contributed by atoms with Crippen molar-refractivity contribution in [1.82, 2.24) is 4.98 Å². The maximum atomic E-state index is 8.97. The Kier molecular flexibility index (Phi) is 4.04. The molecule has 0 saturated carbocycles. The van der Waals surface area contributed by atoms with Gasteiger partial charge >= 0.3 is 0 Å². The minimum absolute atomic E-state index is 0. The summed E-state index contributed by atoms with van der Waals surface area (Å²) in [7, 11) is 0. The summed E-state index contributed by atoms with van der Waals surface area (Å²) in [6, 6.07) is 8.21. The van der Waals surface area contributed by atoms with Crippen LogP contribution in [0.15, 0.2) is 24.3 Å². The van der Waals surface area contributed by atoms with E-state index < -0.39 is 0 Å². The van der Waals surface area contributed by atoms with E-state index in [1.54, 1.807) is 0 Å². The number of fused-ring (bicyclic) bond motifs is 2. The van der Waals surface area contributed by atoms with Crippen molar-refractivity contribution in [2.75, 3.05) is 18.5 Å². The minimum Gasteiger partial charge on any atom is -0.395 e. The third kappa shape index (κ3) is 2.16. The molecule has 0 unspecified atom stereocenters. The fourth-order valence-electron chi connectivity index (χ4n) is 2.59. The van der Waals surface area contributed by atoms with Crippen LogP contribution in [0.4, 0.5) is 5.69 Å². The van der Waals surface area contributed by atoms with Crippen molar-refractivity contribution in [1.29, 1.82) is 0 Å². The molecule has 0 radical (unpaired) electrons. The second kappa shape index (κ2) is 5.55. The van der Waals surface area contributed by atoms with Crippen LogP contribution in [0, 0.1) is 0 Å². The number of aliphatic hydroxyl groups excluding tert-OH is 1. The van der Waals surface area contributed by atoms with E-state index in [1.165, 1.54) is 28.8 Å². The molecule has 0 amide bonds. The second-order valence-corrected chi connectivity index (χ2v) is 4.43. The third-order valence-electron chi connectivity index (χ3n) is 3.33. The smallest absolute Gasteiger partial charge is 0.0726 e. The van der Waals surface area contributed by atoms with Gasteiger partial charge in [0.1, 0.15) is 0 Å². The van der Waals surface area contributed by atoms with Gasteiger partial charge in [0.15, 0.2) is 0 Å². The van der Waals surface area contributed by atoms with E-state index in [0.717, 1.165) is 18.4 Å². The molecular weight excluding hydrogens is 248 g/mol. The number of nitrogens with zero attached hydrogens (tertiary/aromatic N) is 1. The lowest BCUT2D eigenvalue weighted by atomic mass is 10.1. The first kappa shape index (κ1) is 13.1. The molecule has 2 N–H and O–H groups in total. The summed E-state index contributed by atoms with van der Waals surface area (Å²) >= 11 is 0. The van der Waals surface area contributed by atoms with Crippen LogP contribution in [-0.4, -0.2) is 23.2 Å². The van der Waals surface area contributed by atoms with Crippen molar-refractivity contribution in [2.24, 2.45) is 0 Å². The van der Waals surface area contributed by atoms with Crippen LogP contribution in [0.25, 0.3) is 10.9 Å². The molecule has 2 aromatic rings. The molecule has 96 valence electrons. The largest absolute Gasteiger partial charge is 0.395 e. The van der Waals surface area contributed by atoms with Crippen LogP contribution in [0.1, 0.15) is 17.7 Å². The van der Waals surface area contributed by atoms with Crippen molar-refractivity contribution in [2.45, 2.75) is 19.3 Å². The fraction of sp³-hybridized carbons (Fsp3) is 0.357. The van der Waals surface area contributed by atoms with Crippen LogP contribution in [-0.2, 0) is 12.8 Å². The Hall–Kier alpha value is -1.32. The van der Waals surface area contributed by atoms with Gasteiger partial charge in [0, 0.05) is 23.3 Å². The van der Waals surface area contributed by atoms with E-state index in [-0.39, 0.29) is 19.0 Å². The number of para-hydroxylation sites is 1. The van der Waals surface area contributed by atoms with E-state index in [1.807, 2.05) is 12.1 Å². The molecule has 1 aromatic heterocycles. The van der Waals surface area contributed by atoms with Gasteiger partial charge < -0.3 is 10.4 Å². The van der Waals surface area contributed by atoms with Crippen LogP contribution < -0.4 is 5.32 Å². The summed E-state index contributed by atoms with van der Waals surface area (Å²) in [5.41, 5.74) is 4.80.